The average Bonchev–Trinajstić information content (AvgIpc) is 2.19. The first-order valence-corrected chi connectivity index (χ1v) is 6.06. The van der Waals surface area contributed by atoms with Gasteiger partial charge in [0.1, 0.15) is 11.5 Å². The summed E-state index contributed by atoms with van der Waals surface area (Å²) < 4.78 is 61.0. The van der Waals surface area contributed by atoms with Crippen LogP contribution in [0.1, 0.15) is 5.56 Å². The molecule has 0 radical (unpaired) electrons. The molecule has 0 unspecified atom stereocenters. The van der Waals surface area contributed by atoms with E-state index in [4.69, 9.17) is 19.6 Å². The molecular formula is C9H9F3O6S. The van der Waals surface area contributed by atoms with Crippen molar-refractivity contribution in [2.24, 2.45) is 0 Å². The Kier molecular flexibility index (Phi) is 5.78. The van der Waals surface area contributed by atoms with Crippen molar-refractivity contribution in [3.05, 3.63) is 29.8 Å². The fraction of sp³-hybridized carbons (Fsp3) is 0.222. The van der Waals surface area contributed by atoms with Crippen molar-refractivity contribution in [1.82, 2.24) is 0 Å². The van der Waals surface area contributed by atoms with E-state index in [0.717, 1.165) is 0 Å². The zero-order chi connectivity index (χ0) is 15.3. The maximum Gasteiger partial charge on any atom is 0.490 e. The van der Waals surface area contributed by atoms with Gasteiger partial charge in [-0.25, -0.2) is 4.79 Å². The summed E-state index contributed by atoms with van der Waals surface area (Å²) >= 11 is 0. The van der Waals surface area contributed by atoms with Gasteiger partial charge in [-0.1, -0.05) is 18.2 Å². The van der Waals surface area contributed by atoms with E-state index >= 15 is 0 Å². The number of hydrogen-bond donors (Lipinski definition) is 3. The van der Waals surface area contributed by atoms with E-state index in [1.54, 1.807) is 12.1 Å². The number of alkyl halides is 3. The number of carboxylic acid groups (broad SMARTS) is 1. The van der Waals surface area contributed by atoms with Crippen LogP contribution in [0.15, 0.2) is 24.3 Å². The van der Waals surface area contributed by atoms with Gasteiger partial charge in [-0.2, -0.15) is 21.6 Å². The molecule has 0 saturated heterocycles. The number of aromatic hydroxyl groups is 1. The molecule has 0 amide bonds. The van der Waals surface area contributed by atoms with Crippen LogP contribution in [0, 0.1) is 0 Å². The molecule has 108 valence electrons. The van der Waals surface area contributed by atoms with Gasteiger partial charge in [0.15, 0.2) is 0 Å². The fourth-order valence-electron chi connectivity index (χ4n) is 0.829. The van der Waals surface area contributed by atoms with Crippen molar-refractivity contribution >= 4 is 16.1 Å². The summed E-state index contributed by atoms with van der Waals surface area (Å²) in [6, 6.07) is 5.95. The van der Waals surface area contributed by atoms with Crippen LogP contribution in [-0.2, 0) is 20.7 Å². The molecule has 19 heavy (non-hydrogen) atoms. The predicted molar refractivity (Wildman–Crippen MR) is 57.1 cm³/mol. The summed E-state index contributed by atoms with van der Waals surface area (Å²) in [5, 5.41) is 16.2. The summed E-state index contributed by atoms with van der Waals surface area (Å²) in [7, 11) is -4.06. The van der Waals surface area contributed by atoms with Gasteiger partial charge in [0.25, 0.3) is 10.1 Å². The number of rotatable bonds is 2. The van der Waals surface area contributed by atoms with Crippen molar-refractivity contribution in [2.75, 3.05) is 0 Å². The van der Waals surface area contributed by atoms with E-state index in [2.05, 4.69) is 0 Å². The maximum absolute atomic E-state index is 10.6. The van der Waals surface area contributed by atoms with Crippen LogP contribution in [0.5, 0.6) is 5.75 Å². The number of carbonyl (C=O) groups is 1. The molecule has 0 aliphatic heterocycles. The molecule has 0 aliphatic rings. The third-order valence-corrected chi connectivity index (χ3v) is 2.25. The van der Waals surface area contributed by atoms with Crippen molar-refractivity contribution in [2.45, 2.75) is 11.9 Å². The first-order valence-electron chi connectivity index (χ1n) is 4.45. The highest BCUT2D eigenvalue weighted by Gasteiger charge is 2.38. The number of phenolic OH excluding ortho intramolecular Hbond substituents is 1. The largest absolute Gasteiger partial charge is 0.508 e. The summed E-state index contributed by atoms with van der Waals surface area (Å²) in [4.78, 5) is 8.90. The molecule has 1 aromatic carbocycles. The second kappa shape index (κ2) is 6.38. The Hall–Kier alpha value is -1.81. The number of phenols is 1. The molecule has 10 heteroatoms. The highest BCUT2D eigenvalue weighted by atomic mass is 32.2. The first-order chi connectivity index (χ1) is 8.43. The molecule has 0 fully saturated rings. The molecule has 1 rings (SSSR count). The third kappa shape index (κ3) is 8.00. The fourth-order valence-corrected chi connectivity index (χ4v) is 1.47. The molecule has 0 aromatic heterocycles. The first kappa shape index (κ1) is 17.2. The van der Waals surface area contributed by atoms with Crippen LogP contribution in [0.3, 0.4) is 0 Å². The minimum Gasteiger partial charge on any atom is -0.508 e. The van der Waals surface area contributed by atoms with Crippen molar-refractivity contribution in [3.8, 4) is 5.75 Å². The predicted octanol–water partition coefficient (Wildman–Crippen LogP) is 1.41. The van der Waals surface area contributed by atoms with Gasteiger partial charge < -0.3 is 10.2 Å². The topological polar surface area (TPSA) is 112 Å². The van der Waals surface area contributed by atoms with Gasteiger partial charge in [-0.3, -0.25) is 4.55 Å². The third-order valence-electron chi connectivity index (χ3n) is 1.57. The number of carboxylic acids is 1. The quantitative estimate of drug-likeness (QED) is 0.712. The SMILES string of the molecule is O=C(O)C(F)(F)F.O=S(=O)(O)Cc1ccccc1O. The summed E-state index contributed by atoms with van der Waals surface area (Å²) in [5.74, 6) is -3.44. The van der Waals surface area contributed by atoms with Gasteiger partial charge in [-0.05, 0) is 6.07 Å². The summed E-state index contributed by atoms with van der Waals surface area (Å²) in [6.45, 7) is 0. The van der Waals surface area contributed by atoms with Crippen LogP contribution in [0.25, 0.3) is 0 Å². The van der Waals surface area contributed by atoms with Crippen LogP contribution < -0.4 is 0 Å². The Morgan fingerprint density at radius 2 is 1.63 bits per heavy atom. The Bertz CT molecular complexity index is 537. The highest BCUT2D eigenvalue weighted by molar-refractivity contribution is 7.85. The van der Waals surface area contributed by atoms with Gasteiger partial charge >= 0.3 is 12.1 Å². The zero-order valence-electron chi connectivity index (χ0n) is 9.13. The van der Waals surface area contributed by atoms with Gasteiger partial charge in [0, 0.05) is 5.56 Å². The molecule has 0 heterocycles. The van der Waals surface area contributed by atoms with Crippen LogP contribution in [0.2, 0.25) is 0 Å². The molecule has 6 nitrogen and oxygen atoms in total. The second-order valence-electron chi connectivity index (χ2n) is 3.16. The van der Waals surface area contributed by atoms with Crippen molar-refractivity contribution in [1.29, 1.82) is 0 Å². The van der Waals surface area contributed by atoms with Crippen LogP contribution >= 0.6 is 0 Å². The van der Waals surface area contributed by atoms with Gasteiger partial charge in [0.05, 0.1) is 0 Å². The molecule has 1 aromatic rings. The van der Waals surface area contributed by atoms with Crippen LogP contribution in [0.4, 0.5) is 13.2 Å². The van der Waals surface area contributed by atoms with Crippen molar-refractivity contribution in [3.63, 3.8) is 0 Å². The van der Waals surface area contributed by atoms with E-state index in [0.29, 0.717) is 0 Å². The zero-order valence-corrected chi connectivity index (χ0v) is 9.94. The Balaban J connectivity index is 0.000000399. The van der Waals surface area contributed by atoms with E-state index in [1.165, 1.54) is 12.1 Å². The number of hydrogen-bond acceptors (Lipinski definition) is 4. The highest BCUT2D eigenvalue weighted by Crippen LogP contribution is 2.17. The van der Waals surface area contributed by atoms with Gasteiger partial charge in [-0.15, -0.1) is 0 Å². The Morgan fingerprint density at radius 3 is 1.95 bits per heavy atom. The molecule has 0 saturated carbocycles. The molecule has 3 N–H and O–H groups in total. The van der Waals surface area contributed by atoms with Gasteiger partial charge in [0.2, 0.25) is 0 Å². The lowest BCUT2D eigenvalue weighted by molar-refractivity contribution is -0.192. The van der Waals surface area contributed by atoms with Crippen molar-refractivity contribution < 1.29 is 41.1 Å². The lowest BCUT2D eigenvalue weighted by Gasteiger charge is -2.00. The summed E-state index contributed by atoms with van der Waals surface area (Å²) in [5.41, 5.74) is 0.194. The smallest absolute Gasteiger partial charge is 0.490 e. The van der Waals surface area contributed by atoms with E-state index < -0.39 is 28.0 Å². The average molecular weight is 302 g/mol. The molecule has 0 spiro atoms. The molecule has 0 aliphatic carbocycles. The summed E-state index contributed by atoms with van der Waals surface area (Å²) in [6.07, 6.45) is -5.08. The molecule has 0 bridgehead atoms. The van der Waals surface area contributed by atoms with Crippen LogP contribution in [-0.4, -0.2) is 35.3 Å². The number of para-hydroxylation sites is 1. The Labute approximate surface area is 105 Å². The lowest BCUT2D eigenvalue weighted by Crippen LogP contribution is -2.21. The molecule has 0 atom stereocenters. The minimum absolute atomic E-state index is 0.130. The van der Waals surface area contributed by atoms with E-state index in [1.807, 2.05) is 0 Å². The standard InChI is InChI=1S/C7H8O4S.C2HF3O2/c8-7-4-2-1-3-6(7)5-12(9,10)11;3-2(4,5)1(6)7/h1-4,8H,5H2,(H,9,10,11);(H,6,7). The monoisotopic (exact) mass is 302 g/mol. The molecular weight excluding hydrogens is 293 g/mol. The minimum atomic E-state index is -5.08. The number of benzene rings is 1. The normalized spacial score (nSPS) is 11.4. The number of halogens is 3. The lowest BCUT2D eigenvalue weighted by atomic mass is 10.2. The second-order valence-corrected chi connectivity index (χ2v) is 4.61. The van der Waals surface area contributed by atoms with E-state index in [-0.39, 0.29) is 11.3 Å². The van der Waals surface area contributed by atoms with E-state index in [9.17, 15) is 21.6 Å². The number of aliphatic carboxylic acids is 1. The Morgan fingerprint density at radius 1 is 1.21 bits per heavy atom. The maximum atomic E-state index is 10.6.